The normalized spacial score (nSPS) is 27.2. The summed E-state index contributed by atoms with van der Waals surface area (Å²) in [5, 5.41) is 0. The molecular weight excluding hydrogens is 164 g/mol. The summed E-state index contributed by atoms with van der Waals surface area (Å²) in [4.78, 5) is 4.41. The maximum atomic E-state index is 6.16. The van der Waals surface area contributed by atoms with E-state index in [1.54, 1.807) is 0 Å². The smallest absolute Gasteiger partial charge is 0.181 e. The number of hydrogen-bond donors (Lipinski definition) is 2. The van der Waals surface area contributed by atoms with Crippen molar-refractivity contribution in [3.8, 4) is 0 Å². The first-order valence-electron chi connectivity index (χ1n) is 5.29. The Morgan fingerprint density at radius 2 is 1.00 bits per heavy atom. The van der Waals surface area contributed by atoms with Gasteiger partial charge in [-0.2, -0.15) is 0 Å². The van der Waals surface area contributed by atoms with Crippen molar-refractivity contribution >= 4 is 0 Å². The molecule has 0 aromatic heterocycles. The quantitative estimate of drug-likeness (QED) is 0.579. The van der Waals surface area contributed by atoms with Crippen molar-refractivity contribution in [3.05, 3.63) is 0 Å². The Hall–Kier alpha value is -0.160. The number of nitrogens with zero attached hydrogens (tertiary/aromatic N) is 2. The van der Waals surface area contributed by atoms with Gasteiger partial charge >= 0.3 is 0 Å². The van der Waals surface area contributed by atoms with Crippen LogP contribution in [0.1, 0.15) is 25.7 Å². The van der Waals surface area contributed by atoms with Crippen LogP contribution in [0, 0.1) is 0 Å². The third-order valence-corrected chi connectivity index (χ3v) is 3.23. The SMILES string of the molecule is NC(N)(N1CCCC1)N1CCCC1. The van der Waals surface area contributed by atoms with Crippen molar-refractivity contribution in [2.75, 3.05) is 26.2 Å². The fourth-order valence-corrected chi connectivity index (χ4v) is 2.35. The second-order valence-corrected chi connectivity index (χ2v) is 4.17. The van der Waals surface area contributed by atoms with Crippen LogP contribution in [0.2, 0.25) is 0 Å². The average Bonchev–Trinajstić information content (AvgIpc) is 2.78. The molecule has 4 nitrogen and oxygen atoms in total. The molecule has 0 radical (unpaired) electrons. The summed E-state index contributed by atoms with van der Waals surface area (Å²) >= 11 is 0. The second kappa shape index (κ2) is 3.53. The molecule has 0 amide bonds. The van der Waals surface area contributed by atoms with E-state index in [0.29, 0.717) is 0 Å². The lowest BCUT2D eigenvalue weighted by atomic mass is 10.4. The molecule has 0 unspecified atom stereocenters. The Kier molecular flexibility index (Phi) is 2.55. The second-order valence-electron chi connectivity index (χ2n) is 4.17. The fraction of sp³-hybridized carbons (Fsp3) is 1.00. The summed E-state index contributed by atoms with van der Waals surface area (Å²) in [6, 6.07) is 0. The van der Waals surface area contributed by atoms with Gasteiger partial charge in [-0.15, -0.1) is 0 Å². The zero-order valence-corrected chi connectivity index (χ0v) is 8.21. The zero-order chi connectivity index (χ0) is 9.31. The molecule has 0 aromatic rings. The molecule has 4 heteroatoms. The summed E-state index contributed by atoms with van der Waals surface area (Å²) in [7, 11) is 0. The molecule has 2 heterocycles. The van der Waals surface area contributed by atoms with Gasteiger partial charge in [0.05, 0.1) is 0 Å². The molecular formula is C9H20N4. The van der Waals surface area contributed by atoms with Crippen molar-refractivity contribution in [2.45, 2.75) is 31.6 Å². The number of likely N-dealkylation sites (tertiary alicyclic amines) is 2. The minimum Gasteiger partial charge on any atom is -0.288 e. The van der Waals surface area contributed by atoms with Gasteiger partial charge in [-0.3, -0.25) is 21.3 Å². The van der Waals surface area contributed by atoms with Gasteiger partial charge in [0.2, 0.25) is 0 Å². The summed E-state index contributed by atoms with van der Waals surface area (Å²) in [5.41, 5.74) is 12.3. The van der Waals surface area contributed by atoms with Gasteiger partial charge in [0, 0.05) is 26.2 Å². The minimum atomic E-state index is -0.674. The van der Waals surface area contributed by atoms with E-state index in [-0.39, 0.29) is 0 Å². The molecule has 0 saturated carbocycles. The monoisotopic (exact) mass is 184 g/mol. The highest BCUT2D eigenvalue weighted by atomic mass is 15.5. The van der Waals surface area contributed by atoms with E-state index in [9.17, 15) is 0 Å². The van der Waals surface area contributed by atoms with E-state index in [2.05, 4.69) is 9.80 Å². The van der Waals surface area contributed by atoms with Gasteiger partial charge in [-0.05, 0) is 25.7 Å². The molecule has 0 bridgehead atoms. The first kappa shape index (κ1) is 9.40. The fourth-order valence-electron chi connectivity index (χ4n) is 2.35. The first-order chi connectivity index (χ1) is 6.21. The third kappa shape index (κ3) is 1.72. The molecule has 2 aliphatic rings. The van der Waals surface area contributed by atoms with Crippen LogP contribution in [-0.2, 0) is 0 Å². The molecule has 0 aliphatic carbocycles. The van der Waals surface area contributed by atoms with Crippen LogP contribution >= 0.6 is 0 Å². The maximum Gasteiger partial charge on any atom is 0.181 e. The lowest BCUT2D eigenvalue weighted by Gasteiger charge is -2.41. The molecule has 0 aromatic carbocycles. The van der Waals surface area contributed by atoms with Crippen LogP contribution in [0.4, 0.5) is 0 Å². The highest BCUT2D eigenvalue weighted by Gasteiger charge is 2.37. The summed E-state index contributed by atoms with van der Waals surface area (Å²) < 4.78 is 0. The third-order valence-electron chi connectivity index (χ3n) is 3.23. The molecule has 2 rings (SSSR count). The predicted octanol–water partition coefficient (Wildman–Crippen LogP) is -0.293. The van der Waals surface area contributed by atoms with E-state index >= 15 is 0 Å². The molecule has 4 N–H and O–H groups in total. The van der Waals surface area contributed by atoms with E-state index in [1.165, 1.54) is 25.7 Å². The number of nitrogens with two attached hydrogens (primary N) is 2. The molecule has 2 saturated heterocycles. The van der Waals surface area contributed by atoms with Gasteiger partial charge in [-0.25, -0.2) is 0 Å². The van der Waals surface area contributed by atoms with Crippen molar-refractivity contribution in [3.63, 3.8) is 0 Å². The standard InChI is InChI=1S/C9H20N4/c10-9(11,12-5-1-2-6-12)13-7-3-4-8-13/h1-8,10-11H2. The Morgan fingerprint density at radius 1 is 0.692 bits per heavy atom. The van der Waals surface area contributed by atoms with E-state index < -0.39 is 5.91 Å². The minimum absolute atomic E-state index is 0.674. The van der Waals surface area contributed by atoms with Crippen LogP contribution in [0.15, 0.2) is 0 Å². The highest BCUT2D eigenvalue weighted by molar-refractivity contribution is 4.85. The highest BCUT2D eigenvalue weighted by Crippen LogP contribution is 2.20. The molecule has 13 heavy (non-hydrogen) atoms. The Balaban J connectivity index is 1.99. The van der Waals surface area contributed by atoms with E-state index in [0.717, 1.165) is 26.2 Å². The molecule has 0 spiro atoms. The molecule has 2 fully saturated rings. The lowest BCUT2D eigenvalue weighted by molar-refractivity contribution is -0.0239. The number of rotatable bonds is 2. The Bertz CT molecular complexity index is 150. The number of hydrogen-bond acceptors (Lipinski definition) is 4. The molecule has 0 atom stereocenters. The van der Waals surface area contributed by atoms with Crippen molar-refractivity contribution in [1.29, 1.82) is 0 Å². The largest absolute Gasteiger partial charge is 0.288 e. The van der Waals surface area contributed by atoms with Gasteiger partial charge in [0.25, 0.3) is 0 Å². The van der Waals surface area contributed by atoms with Gasteiger partial charge in [0.15, 0.2) is 5.91 Å². The Labute approximate surface area is 79.8 Å². The van der Waals surface area contributed by atoms with Crippen molar-refractivity contribution in [2.24, 2.45) is 11.5 Å². The average molecular weight is 184 g/mol. The summed E-state index contributed by atoms with van der Waals surface area (Å²) in [6.07, 6.45) is 4.96. The van der Waals surface area contributed by atoms with Gasteiger partial charge < -0.3 is 0 Å². The maximum absolute atomic E-state index is 6.16. The predicted molar refractivity (Wildman–Crippen MR) is 52.7 cm³/mol. The Morgan fingerprint density at radius 3 is 1.31 bits per heavy atom. The summed E-state index contributed by atoms with van der Waals surface area (Å²) in [6.45, 7) is 4.24. The van der Waals surface area contributed by atoms with Crippen molar-refractivity contribution in [1.82, 2.24) is 9.80 Å². The summed E-state index contributed by atoms with van der Waals surface area (Å²) in [5.74, 6) is -0.674. The zero-order valence-electron chi connectivity index (χ0n) is 8.21. The molecule has 76 valence electrons. The van der Waals surface area contributed by atoms with Crippen LogP contribution in [0.3, 0.4) is 0 Å². The van der Waals surface area contributed by atoms with Gasteiger partial charge in [-0.1, -0.05) is 0 Å². The lowest BCUT2D eigenvalue weighted by Crippen LogP contribution is -2.71. The van der Waals surface area contributed by atoms with Gasteiger partial charge in [0.1, 0.15) is 0 Å². The topological polar surface area (TPSA) is 58.5 Å². The van der Waals surface area contributed by atoms with Crippen LogP contribution in [0.25, 0.3) is 0 Å². The first-order valence-corrected chi connectivity index (χ1v) is 5.29. The van der Waals surface area contributed by atoms with Crippen LogP contribution in [-0.4, -0.2) is 41.9 Å². The van der Waals surface area contributed by atoms with Crippen LogP contribution < -0.4 is 11.5 Å². The van der Waals surface area contributed by atoms with Crippen LogP contribution in [0.5, 0.6) is 0 Å². The van der Waals surface area contributed by atoms with Crippen molar-refractivity contribution < 1.29 is 0 Å². The van der Waals surface area contributed by atoms with E-state index in [4.69, 9.17) is 11.5 Å². The molecule has 2 aliphatic heterocycles. The van der Waals surface area contributed by atoms with E-state index in [1.807, 2.05) is 0 Å².